The molecule has 9 nitrogen and oxygen atoms in total. The molecule has 10 heteroatoms. The van der Waals surface area contributed by atoms with Crippen molar-refractivity contribution in [3.63, 3.8) is 0 Å². The zero-order valence-corrected chi connectivity index (χ0v) is 22.5. The smallest absolute Gasteiger partial charge is 0.335 e. The van der Waals surface area contributed by atoms with Crippen LogP contribution < -0.4 is 25.0 Å². The number of nitrogens with zero attached hydrogens (tertiary/aromatic N) is 1. The molecule has 1 saturated heterocycles. The Balaban J connectivity index is 1.52. The number of amides is 5. The van der Waals surface area contributed by atoms with Crippen molar-refractivity contribution >= 4 is 52.8 Å². The van der Waals surface area contributed by atoms with Crippen LogP contribution in [0, 0.1) is 20.8 Å². The minimum atomic E-state index is -0.868. The standard InChI is InChI=1S/C29H26ClN3O6/c1-16-6-9-21(11-18(16)3)31-26(34)15-39-24-10-7-19(13-25(24)38-4)12-22-27(35)32-29(37)33(28(22)36)23-14-20(30)8-5-17(23)2/h5-14H,15H2,1-4H3,(H,31,34)(H,32,35,37)/b22-12+. The minimum Gasteiger partial charge on any atom is -0.493 e. The van der Waals surface area contributed by atoms with Gasteiger partial charge in [-0.05, 0) is 85.5 Å². The molecule has 1 aliphatic rings. The van der Waals surface area contributed by atoms with Gasteiger partial charge in [0.2, 0.25) is 0 Å². The fourth-order valence-corrected chi connectivity index (χ4v) is 4.09. The Morgan fingerprint density at radius 3 is 2.41 bits per heavy atom. The second-order valence-corrected chi connectivity index (χ2v) is 9.37. The topological polar surface area (TPSA) is 114 Å². The van der Waals surface area contributed by atoms with Gasteiger partial charge in [-0.15, -0.1) is 0 Å². The summed E-state index contributed by atoms with van der Waals surface area (Å²) >= 11 is 6.07. The van der Waals surface area contributed by atoms with Crippen molar-refractivity contribution < 1.29 is 28.7 Å². The Labute approximate surface area is 230 Å². The van der Waals surface area contributed by atoms with Crippen molar-refractivity contribution in [1.29, 1.82) is 0 Å². The number of benzene rings is 3. The first-order valence-electron chi connectivity index (χ1n) is 11.9. The van der Waals surface area contributed by atoms with E-state index in [2.05, 4.69) is 10.6 Å². The van der Waals surface area contributed by atoms with Gasteiger partial charge >= 0.3 is 6.03 Å². The zero-order valence-electron chi connectivity index (χ0n) is 21.8. The van der Waals surface area contributed by atoms with Crippen molar-refractivity contribution in [1.82, 2.24) is 5.32 Å². The van der Waals surface area contributed by atoms with Crippen LogP contribution in [0.3, 0.4) is 0 Å². The molecule has 4 rings (SSSR count). The summed E-state index contributed by atoms with van der Waals surface area (Å²) in [4.78, 5) is 51.6. The van der Waals surface area contributed by atoms with E-state index >= 15 is 0 Å². The maximum atomic E-state index is 13.2. The first-order chi connectivity index (χ1) is 18.6. The lowest BCUT2D eigenvalue weighted by atomic mass is 10.1. The van der Waals surface area contributed by atoms with Gasteiger partial charge in [-0.3, -0.25) is 19.7 Å². The summed E-state index contributed by atoms with van der Waals surface area (Å²) in [6.07, 6.45) is 1.34. The second kappa shape index (κ2) is 11.4. The molecule has 2 N–H and O–H groups in total. The number of nitrogens with one attached hydrogen (secondary N) is 2. The van der Waals surface area contributed by atoms with Crippen molar-refractivity contribution in [2.45, 2.75) is 20.8 Å². The lowest BCUT2D eigenvalue weighted by Gasteiger charge is -2.27. The summed E-state index contributed by atoms with van der Waals surface area (Å²) in [7, 11) is 1.43. The van der Waals surface area contributed by atoms with E-state index in [1.807, 2.05) is 32.0 Å². The van der Waals surface area contributed by atoms with Crippen LogP contribution in [0.1, 0.15) is 22.3 Å². The minimum absolute atomic E-state index is 0.252. The number of ether oxygens (including phenoxy) is 2. The molecule has 3 aromatic rings. The number of halogens is 1. The van der Waals surface area contributed by atoms with E-state index in [4.69, 9.17) is 21.1 Å². The molecule has 0 bridgehead atoms. The summed E-state index contributed by atoms with van der Waals surface area (Å²) in [5, 5.41) is 5.31. The number of hydrogen-bond acceptors (Lipinski definition) is 6. The molecule has 0 aliphatic carbocycles. The van der Waals surface area contributed by atoms with Crippen molar-refractivity contribution in [2.24, 2.45) is 0 Å². The molecule has 0 spiro atoms. The molecule has 0 saturated carbocycles. The van der Waals surface area contributed by atoms with Crippen LogP contribution in [0.4, 0.5) is 16.2 Å². The van der Waals surface area contributed by atoms with Crippen molar-refractivity contribution in [3.05, 3.63) is 87.4 Å². The van der Waals surface area contributed by atoms with Crippen LogP contribution in [0.5, 0.6) is 11.5 Å². The quantitative estimate of drug-likeness (QED) is 0.319. The average Bonchev–Trinajstić information content (AvgIpc) is 2.89. The van der Waals surface area contributed by atoms with Crippen LogP contribution in [-0.2, 0) is 14.4 Å². The number of hydrogen-bond donors (Lipinski definition) is 2. The van der Waals surface area contributed by atoms with E-state index < -0.39 is 17.8 Å². The van der Waals surface area contributed by atoms with Crippen molar-refractivity contribution in [2.75, 3.05) is 23.9 Å². The van der Waals surface area contributed by atoms with Gasteiger partial charge in [-0.2, -0.15) is 0 Å². The van der Waals surface area contributed by atoms with Gasteiger partial charge in [0, 0.05) is 10.7 Å². The van der Waals surface area contributed by atoms with Crippen LogP contribution in [0.15, 0.2) is 60.2 Å². The highest BCUT2D eigenvalue weighted by molar-refractivity contribution is 6.39. The van der Waals surface area contributed by atoms with Crippen LogP contribution in [0.2, 0.25) is 5.02 Å². The highest BCUT2D eigenvalue weighted by atomic mass is 35.5. The third-order valence-electron chi connectivity index (χ3n) is 6.16. The number of rotatable bonds is 7. The van der Waals surface area contributed by atoms with E-state index in [9.17, 15) is 19.2 Å². The normalized spacial score (nSPS) is 14.3. The Morgan fingerprint density at radius 1 is 0.949 bits per heavy atom. The third-order valence-corrected chi connectivity index (χ3v) is 6.40. The summed E-state index contributed by atoms with van der Waals surface area (Å²) in [6.45, 7) is 5.40. The summed E-state index contributed by atoms with van der Waals surface area (Å²) in [6, 6.07) is 14.2. The van der Waals surface area contributed by atoms with Gasteiger partial charge in [0.25, 0.3) is 17.7 Å². The monoisotopic (exact) mass is 547 g/mol. The fourth-order valence-electron chi connectivity index (χ4n) is 3.92. The Bertz CT molecular complexity index is 1530. The number of carbonyl (C=O) groups excluding carboxylic acids is 4. The van der Waals surface area contributed by atoms with Crippen molar-refractivity contribution in [3.8, 4) is 11.5 Å². The van der Waals surface area contributed by atoms with Crippen LogP contribution >= 0.6 is 11.6 Å². The molecule has 1 fully saturated rings. The molecule has 39 heavy (non-hydrogen) atoms. The highest BCUT2D eigenvalue weighted by Crippen LogP contribution is 2.31. The maximum Gasteiger partial charge on any atom is 0.335 e. The molecule has 200 valence electrons. The highest BCUT2D eigenvalue weighted by Gasteiger charge is 2.37. The SMILES string of the molecule is COc1cc(/C=C2\C(=O)NC(=O)N(c3cc(Cl)ccc3C)C2=O)ccc1OCC(=O)Nc1ccc(C)c(C)c1. The molecule has 5 amide bonds. The lowest BCUT2D eigenvalue weighted by Crippen LogP contribution is -2.54. The number of carbonyl (C=O) groups is 4. The van der Waals surface area contributed by atoms with E-state index in [0.29, 0.717) is 27.6 Å². The predicted molar refractivity (Wildman–Crippen MR) is 148 cm³/mol. The second-order valence-electron chi connectivity index (χ2n) is 8.93. The van der Waals surface area contributed by atoms with E-state index in [-0.39, 0.29) is 29.5 Å². The number of aryl methyl sites for hydroxylation is 3. The van der Waals surface area contributed by atoms with E-state index in [1.54, 1.807) is 37.3 Å². The van der Waals surface area contributed by atoms with Gasteiger partial charge in [-0.25, -0.2) is 9.69 Å². The van der Waals surface area contributed by atoms with E-state index in [0.717, 1.165) is 16.0 Å². The van der Waals surface area contributed by atoms with Gasteiger partial charge in [0.1, 0.15) is 5.57 Å². The molecule has 0 atom stereocenters. The Morgan fingerprint density at radius 2 is 1.69 bits per heavy atom. The van der Waals surface area contributed by atoms with Gasteiger partial charge < -0.3 is 14.8 Å². The Kier molecular flexibility index (Phi) is 8.01. The van der Waals surface area contributed by atoms with Gasteiger partial charge in [0.15, 0.2) is 18.1 Å². The average molecular weight is 548 g/mol. The van der Waals surface area contributed by atoms with Crippen LogP contribution in [-0.4, -0.2) is 37.5 Å². The molecule has 0 aromatic heterocycles. The molecule has 1 heterocycles. The molecule has 0 unspecified atom stereocenters. The molecular weight excluding hydrogens is 522 g/mol. The summed E-state index contributed by atoms with van der Waals surface area (Å²) in [5.41, 5.74) is 3.92. The number of urea groups is 1. The maximum absolute atomic E-state index is 13.2. The number of methoxy groups -OCH3 is 1. The van der Waals surface area contributed by atoms with E-state index in [1.165, 1.54) is 19.3 Å². The molecule has 3 aromatic carbocycles. The fraction of sp³-hybridized carbons (Fsp3) is 0.172. The first-order valence-corrected chi connectivity index (χ1v) is 12.3. The third kappa shape index (κ3) is 6.10. The molecule has 0 radical (unpaired) electrons. The van der Waals surface area contributed by atoms with Crippen LogP contribution in [0.25, 0.3) is 6.08 Å². The predicted octanol–water partition coefficient (Wildman–Crippen LogP) is 4.96. The zero-order chi connectivity index (χ0) is 28.3. The number of imide groups is 2. The van der Waals surface area contributed by atoms with Gasteiger partial charge in [-0.1, -0.05) is 29.8 Å². The summed E-state index contributed by atoms with van der Waals surface area (Å²) in [5.74, 6) is -1.40. The molecular formula is C29H26ClN3O6. The first kappa shape index (κ1) is 27.4. The summed E-state index contributed by atoms with van der Waals surface area (Å²) < 4.78 is 11.0. The number of anilines is 2. The Hall–Kier alpha value is -4.63. The van der Waals surface area contributed by atoms with Gasteiger partial charge in [0.05, 0.1) is 12.8 Å². The lowest BCUT2D eigenvalue weighted by molar-refractivity contribution is -0.122. The largest absolute Gasteiger partial charge is 0.493 e. The number of barbiturate groups is 1. The molecule has 1 aliphatic heterocycles.